The summed E-state index contributed by atoms with van der Waals surface area (Å²) in [6, 6.07) is 13.5. The summed E-state index contributed by atoms with van der Waals surface area (Å²) in [6.07, 6.45) is 2.71. The fraction of sp³-hybridized carbons (Fsp3) is 0.294. The zero-order chi connectivity index (χ0) is 15.1. The molecule has 1 atom stereocenters. The molecule has 0 radical (unpaired) electrons. The van der Waals surface area contributed by atoms with E-state index in [2.05, 4.69) is 9.72 Å². The predicted octanol–water partition coefficient (Wildman–Crippen LogP) is 3.33. The van der Waals surface area contributed by atoms with Crippen LogP contribution in [0, 0.1) is 0 Å². The first-order valence-electron chi connectivity index (χ1n) is 6.92. The van der Waals surface area contributed by atoms with E-state index in [1.807, 2.05) is 49.4 Å². The van der Waals surface area contributed by atoms with Crippen LogP contribution in [-0.2, 0) is 16.0 Å². The van der Waals surface area contributed by atoms with Crippen molar-refractivity contribution in [1.29, 1.82) is 0 Å². The third kappa shape index (κ3) is 4.60. The number of carbonyl (C=O) groups is 1. The Balaban J connectivity index is 1.92. The summed E-state index contributed by atoms with van der Waals surface area (Å²) in [6.45, 7) is 1.97. The topological polar surface area (TPSA) is 48.4 Å². The van der Waals surface area contributed by atoms with Gasteiger partial charge in [0.25, 0.3) is 0 Å². The maximum absolute atomic E-state index is 11.1. The van der Waals surface area contributed by atoms with Crippen molar-refractivity contribution in [2.45, 2.75) is 25.9 Å². The van der Waals surface area contributed by atoms with Crippen molar-refractivity contribution in [2.75, 3.05) is 7.11 Å². The van der Waals surface area contributed by atoms with Crippen molar-refractivity contribution >= 4 is 5.97 Å². The van der Waals surface area contributed by atoms with Gasteiger partial charge in [-0.05, 0) is 43.2 Å². The van der Waals surface area contributed by atoms with E-state index >= 15 is 0 Å². The molecule has 2 aromatic rings. The van der Waals surface area contributed by atoms with Crippen molar-refractivity contribution in [3.8, 4) is 5.75 Å². The van der Waals surface area contributed by atoms with Gasteiger partial charge in [0.15, 0.2) is 0 Å². The lowest BCUT2D eigenvalue weighted by Gasteiger charge is -2.14. The molecule has 1 heterocycles. The van der Waals surface area contributed by atoms with E-state index < -0.39 is 0 Å². The lowest BCUT2D eigenvalue weighted by atomic mass is 10.1. The fourth-order valence-corrected chi connectivity index (χ4v) is 1.96. The average molecular weight is 285 g/mol. The van der Waals surface area contributed by atoms with Crippen LogP contribution in [0.1, 0.15) is 30.7 Å². The normalized spacial score (nSPS) is 11.7. The van der Waals surface area contributed by atoms with Gasteiger partial charge in [0.1, 0.15) is 11.9 Å². The Bertz CT molecular complexity index is 566. The van der Waals surface area contributed by atoms with Crippen molar-refractivity contribution in [1.82, 2.24) is 4.98 Å². The summed E-state index contributed by atoms with van der Waals surface area (Å²) in [7, 11) is 1.40. The number of carbonyl (C=O) groups excluding carboxylic acids is 1. The molecule has 0 amide bonds. The Kier molecular flexibility index (Phi) is 5.32. The zero-order valence-corrected chi connectivity index (χ0v) is 12.3. The fourth-order valence-electron chi connectivity index (χ4n) is 1.96. The van der Waals surface area contributed by atoms with Crippen molar-refractivity contribution in [3.05, 3.63) is 59.9 Å². The van der Waals surface area contributed by atoms with Gasteiger partial charge >= 0.3 is 5.97 Å². The molecule has 1 aromatic heterocycles. The first kappa shape index (κ1) is 15.0. The largest absolute Gasteiger partial charge is 0.484 e. The molecule has 0 aliphatic carbocycles. The molecule has 0 fully saturated rings. The number of hydrogen-bond donors (Lipinski definition) is 0. The van der Waals surface area contributed by atoms with Crippen LogP contribution in [0.2, 0.25) is 0 Å². The number of rotatable bonds is 6. The Labute approximate surface area is 124 Å². The van der Waals surface area contributed by atoms with Gasteiger partial charge in [-0.15, -0.1) is 0 Å². The van der Waals surface area contributed by atoms with E-state index in [0.29, 0.717) is 12.8 Å². The number of nitrogens with zero attached hydrogens (tertiary/aromatic N) is 1. The van der Waals surface area contributed by atoms with Crippen LogP contribution in [0.25, 0.3) is 0 Å². The van der Waals surface area contributed by atoms with Crippen LogP contribution in [0.3, 0.4) is 0 Å². The molecule has 0 saturated carbocycles. The summed E-state index contributed by atoms with van der Waals surface area (Å²) in [5.41, 5.74) is 1.98. The molecule has 110 valence electrons. The SMILES string of the molecule is COC(=O)CCc1ccc(OC(C)c2ccccn2)cc1. The summed E-state index contributed by atoms with van der Waals surface area (Å²) in [5.74, 6) is 0.592. The van der Waals surface area contributed by atoms with Gasteiger partial charge in [0.05, 0.1) is 12.8 Å². The summed E-state index contributed by atoms with van der Waals surface area (Å²) >= 11 is 0. The first-order chi connectivity index (χ1) is 10.2. The lowest BCUT2D eigenvalue weighted by molar-refractivity contribution is -0.140. The summed E-state index contributed by atoms with van der Waals surface area (Å²) in [5, 5.41) is 0. The highest BCUT2D eigenvalue weighted by molar-refractivity contribution is 5.69. The average Bonchev–Trinajstić information content (AvgIpc) is 2.54. The maximum atomic E-state index is 11.1. The zero-order valence-electron chi connectivity index (χ0n) is 12.3. The van der Waals surface area contributed by atoms with E-state index in [1.54, 1.807) is 6.20 Å². The van der Waals surface area contributed by atoms with Gasteiger partial charge in [0, 0.05) is 12.6 Å². The second-order valence-corrected chi connectivity index (χ2v) is 4.73. The van der Waals surface area contributed by atoms with Crippen LogP contribution in [0.15, 0.2) is 48.7 Å². The second-order valence-electron chi connectivity index (χ2n) is 4.73. The minimum absolute atomic E-state index is 0.105. The predicted molar refractivity (Wildman–Crippen MR) is 80.1 cm³/mol. The monoisotopic (exact) mass is 285 g/mol. The standard InChI is InChI=1S/C17H19NO3/c1-13(16-5-3-4-12-18-16)21-15-9-6-14(7-10-15)8-11-17(19)20-2/h3-7,9-10,12-13H,8,11H2,1-2H3. The Morgan fingerprint density at radius 3 is 2.57 bits per heavy atom. The van der Waals surface area contributed by atoms with Gasteiger partial charge in [-0.25, -0.2) is 0 Å². The third-order valence-corrected chi connectivity index (χ3v) is 3.19. The van der Waals surface area contributed by atoms with E-state index in [-0.39, 0.29) is 12.1 Å². The van der Waals surface area contributed by atoms with Gasteiger partial charge in [0.2, 0.25) is 0 Å². The van der Waals surface area contributed by atoms with Crippen LogP contribution >= 0.6 is 0 Å². The molecule has 21 heavy (non-hydrogen) atoms. The van der Waals surface area contributed by atoms with Crippen LogP contribution in [-0.4, -0.2) is 18.1 Å². The summed E-state index contributed by atoms with van der Waals surface area (Å²) < 4.78 is 10.5. The van der Waals surface area contributed by atoms with E-state index in [1.165, 1.54) is 7.11 Å². The minimum atomic E-state index is -0.195. The number of methoxy groups -OCH3 is 1. The Morgan fingerprint density at radius 1 is 1.19 bits per heavy atom. The maximum Gasteiger partial charge on any atom is 0.305 e. The summed E-state index contributed by atoms with van der Waals surface area (Å²) in [4.78, 5) is 15.4. The van der Waals surface area contributed by atoms with Crippen LogP contribution in [0.4, 0.5) is 0 Å². The molecule has 0 aliphatic rings. The number of pyridine rings is 1. The van der Waals surface area contributed by atoms with Crippen molar-refractivity contribution in [2.24, 2.45) is 0 Å². The number of aromatic nitrogens is 1. The number of benzene rings is 1. The minimum Gasteiger partial charge on any atom is -0.484 e. The number of esters is 1. The molecule has 1 aromatic carbocycles. The molecule has 0 aliphatic heterocycles. The Morgan fingerprint density at radius 2 is 1.95 bits per heavy atom. The molecule has 1 unspecified atom stereocenters. The van der Waals surface area contributed by atoms with Gasteiger partial charge in [-0.1, -0.05) is 18.2 Å². The van der Waals surface area contributed by atoms with E-state index in [4.69, 9.17) is 4.74 Å². The van der Waals surface area contributed by atoms with Crippen LogP contribution < -0.4 is 4.74 Å². The highest BCUT2D eigenvalue weighted by Crippen LogP contribution is 2.21. The molecular weight excluding hydrogens is 266 g/mol. The Hall–Kier alpha value is -2.36. The third-order valence-electron chi connectivity index (χ3n) is 3.19. The van der Waals surface area contributed by atoms with Gasteiger partial charge in [-0.2, -0.15) is 0 Å². The number of hydrogen-bond acceptors (Lipinski definition) is 4. The number of ether oxygens (including phenoxy) is 2. The number of aryl methyl sites for hydroxylation is 1. The van der Waals surface area contributed by atoms with Crippen molar-refractivity contribution in [3.63, 3.8) is 0 Å². The van der Waals surface area contributed by atoms with Crippen LogP contribution in [0.5, 0.6) is 5.75 Å². The van der Waals surface area contributed by atoms with Crippen molar-refractivity contribution < 1.29 is 14.3 Å². The molecule has 0 N–H and O–H groups in total. The van der Waals surface area contributed by atoms with Gasteiger partial charge < -0.3 is 9.47 Å². The van der Waals surface area contributed by atoms with E-state index in [9.17, 15) is 4.79 Å². The molecule has 4 heteroatoms. The molecule has 4 nitrogen and oxygen atoms in total. The smallest absolute Gasteiger partial charge is 0.305 e. The second kappa shape index (κ2) is 7.43. The molecule has 0 spiro atoms. The highest BCUT2D eigenvalue weighted by Gasteiger charge is 2.08. The molecule has 0 saturated heterocycles. The molecular formula is C17H19NO3. The quantitative estimate of drug-likeness (QED) is 0.764. The molecule has 0 bridgehead atoms. The lowest BCUT2D eigenvalue weighted by Crippen LogP contribution is -2.05. The first-order valence-corrected chi connectivity index (χ1v) is 6.92. The molecule has 2 rings (SSSR count). The van der Waals surface area contributed by atoms with Gasteiger partial charge in [-0.3, -0.25) is 9.78 Å². The van der Waals surface area contributed by atoms with E-state index in [0.717, 1.165) is 17.0 Å². The highest BCUT2D eigenvalue weighted by atomic mass is 16.5.